The quantitative estimate of drug-likeness (QED) is 0.818. The maximum atomic E-state index is 12.3. The molecule has 7 heteroatoms. The van der Waals surface area contributed by atoms with Crippen LogP contribution in [-0.2, 0) is 11.3 Å². The summed E-state index contributed by atoms with van der Waals surface area (Å²) < 4.78 is 37.9. The summed E-state index contributed by atoms with van der Waals surface area (Å²) in [7, 11) is 0. The lowest BCUT2D eigenvalue weighted by Crippen LogP contribution is -2.52. The molecule has 0 atom stereocenters. The molecule has 0 aliphatic carbocycles. The first-order valence-corrected chi connectivity index (χ1v) is 6.99. The van der Waals surface area contributed by atoms with Crippen molar-refractivity contribution in [2.45, 2.75) is 12.7 Å². The van der Waals surface area contributed by atoms with Crippen molar-refractivity contribution >= 4 is 21.8 Å². The number of amides is 1. The Morgan fingerprint density at radius 2 is 1.75 bits per heavy atom. The lowest BCUT2D eigenvalue weighted by molar-refractivity contribution is -0.187. The normalized spacial score (nSPS) is 17.3. The van der Waals surface area contributed by atoms with Crippen molar-refractivity contribution in [3.05, 3.63) is 34.3 Å². The van der Waals surface area contributed by atoms with Gasteiger partial charge in [-0.15, -0.1) is 0 Å². The van der Waals surface area contributed by atoms with Crippen molar-refractivity contribution in [3.8, 4) is 0 Å². The molecule has 1 fully saturated rings. The van der Waals surface area contributed by atoms with Crippen LogP contribution in [0.15, 0.2) is 28.7 Å². The van der Waals surface area contributed by atoms with E-state index >= 15 is 0 Å². The molecule has 2 rings (SSSR count). The average molecular weight is 351 g/mol. The van der Waals surface area contributed by atoms with Gasteiger partial charge in [-0.05, 0) is 11.6 Å². The Labute approximate surface area is 123 Å². The molecule has 1 aromatic carbocycles. The molecule has 0 aromatic heterocycles. The summed E-state index contributed by atoms with van der Waals surface area (Å²) in [4.78, 5) is 14.0. The minimum atomic E-state index is -4.77. The topological polar surface area (TPSA) is 23.6 Å². The van der Waals surface area contributed by atoms with Gasteiger partial charge in [0.2, 0.25) is 0 Å². The second kappa shape index (κ2) is 6.13. The first-order chi connectivity index (χ1) is 9.38. The van der Waals surface area contributed by atoms with Gasteiger partial charge in [0.15, 0.2) is 0 Å². The van der Waals surface area contributed by atoms with Gasteiger partial charge in [-0.2, -0.15) is 13.2 Å². The van der Waals surface area contributed by atoms with Crippen molar-refractivity contribution in [2.24, 2.45) is 0 Å². The molecule has 0 radical (unpaired) electrons. The van der Waals surface area contributed by atoms with Crippen LogP contribution in [0.25, 0.3) is 0 Å². The molecule has 3 nitrogen and oxygen atoms in total. The van der Waals surface area contributed by atoms with Gasteiger partial charge in [-0.25, -0.2) is 0 Å². The number of halogens is 4. The van der Waals surface area contributed by atoms with E-state index in [0.29, 0.717) is 19.6 Å². The van der Waals surface area contributed by atoms with E-state index in [1.165, 1.54) is 0 Å². The standard InChI is InChI=1S/C13H14BrF3N2O/c14-11-4-2-1-3-10(11)9-18-5-7-19(8-6-18)12(20)13(15,16)17/h1-4H,5-9H2. The highest BCUT2D eigenvalue weighted by Gasteiger charge is 2.43. The van der Waals surface area contributed by atoms with E-state index in [-0.39, 0.29) is 13.1 Å². The van der Waals surface area contributed by atoms with Crippen LogP contribution in [0.2, 0.25) is 0 Å². The van der Waals surface area contributed by atoms with E-state index in [1.807, 2.05) is 29.2 Å². The molecule has 0 saturated carbocycles. The molecule has 0 spiro atoms. The largest absolute Gasteiger partial charge is 0.471 e. The smallest absolute Gasteiger partial charge is 0.332 e. The predicted molar refractivity (Wildman–Crippen MR) is 72.1 cm³/mol. The number of piperazine rings is 1. The number of benzene rings is 1. The maximum Gasteiger partial charge on any atom is 0.471 e. The van der Waals surface area contributed by atoms with E-state index in [4.69, 9.17) is 0 Å². The minimum Gasteiger partial charge on any atom is -0.332 e. The number of carbonyl (C=O) groups excluding carboxylic acids is 1. The summed E-state index contributed by atoms with van der Waals surface area (Å²) in [6, 6.07) is 7.73. The third-order valence-corrected chi connectivity index (χ3v) is 4.03. The highest BCUT2D eigenvalue weighted by molar-refractivity contribution is 9.10. The van der Waals surface area contributed by atoms with E-state index in [1.54, 1.807) is 0 Å². The fourth-order valence-electron chi connectivity index (χ4n) is 2.16. The predicted octanol–water partition coefficient (Wildman–Crippen LogP) is 2.66. The Kier molecular flexibility index (Phi) is 4.70. The van der Waals surface area contributed by atoms with Crippen molar-refractivity contribution in [3.63, 3.8) is 0 Å². The van der Waals surface area contributed by atoms with Crippen LogP contribution in [-0.4, -0.2) is 48.1 Å². The van der Waals surface area contributed by atoms with Crippen LogP contribution in [0.5, 0.6) is 0 Å². The molecule has 1 aliphatic heterocycles. The van der Waals surface area contributed by atoms with Crippen molar-refractivity contribution < 1.29 is 18.0 Å². The molecule has 1 aliphatic rings. The van der Waals surface area contributed by atoms with Crippen LogP contribution in [0.3, 0.4) is 0 Å². The Hall–Kier alpha value is -1.08. The van der Waals surface area contributed by atoms with Crippen LogP contribution < -0.4 is 0 Å². The molecule has 1 aromatic rings. The number of alkyl halides is 3. The molecular weight excluding hydrogens is 337 g/mol. The third kappa shape index (κ3) is 3.73. The van der Waals surface area contributed by atoms with Gasteiger partial charge >= 0.3 is 12.1 Å². The number of rotatable bonds is 2. The third-order valence-electron chi connectivity index (χ3n) is 3.25. The summed E-state index contributed by atoms with van der Waals surface area (Å²) in [6.45, 7) is 1.79. The van der Waals surface area contributed by atoms with Crippen molar-refractivity contribution in [2.75, 3.05) is 26.2 Å². The van der Waals surface area contributed by atoms with Gasteiger partial charge in [0, 0.05) is 37.2 Å². The fraction of sp³-hybridized carbons (Fsp3) is 0.462. The average Bonchev–Trinajstić information content (AvgIpc) is 2.40. The Bertz CT molecular complexity index is 485. The molecule has 1 saturated heterocycles. The lowest BCUT2D eigenvalue weighted by Gasteiger charge is -2.35. The number of hydrogen-bond donors (Lipinski definition) is 0. The molecule has 1 heterocycles. The fourth-order valence-corrected chi connectivity index (χ4v) is 2.57. The van der Waals surface area contributed by atoms with E-state index in [2.05, 4.69) is 15.9 Å². The van der Waals surface area contributed by atoms with Crippen LogP contribution >= 0.6 is 15.9 Å². The van der Waals surface area contributed by atoms with Crippen molar-refractivity contribution in [1.82, 2.24) is 9.80 Å². The Balaban J connectivity index is 1.89. The molecule has 0 bridgehead atoms. The molecule has 110 valence electrons. The number of nitrogens with zero attached hydrogens (tertiary/aromatic N) is 2. The number of hydrogen-bond acceptors (Lipinski definition) is 2. The maximum absolute atomic E-state index is 12.3. The van der Waals surface area contributed by atoms with Gasteiger partial charge in [0.25, 0.3) is 0 Å². The SMILES string of the molecule is O=C(N1CCN(Cc2ccccc2Br)CC1)C(F)(F)F. The summed E-state index contributed by atoms with van der Waals surface area (Å²) >= 11 is 3.44. The molecule has 20 heavy (non-hydrogen) atoms. The first-order valence-electron chi connectivity index (χ1n) is 6.20. The van der Waals surface area contributed by atoms with Crippen LogP contribution in [0, 0.1) is 0 Å². The Morgan fingerprint density at radius 1 is 1.15 bits per heavy atom. The molecular formula is C13H14BrF3N2O. The van der Waals surface area contributed by atoms with Gasteiger partial charge in [-0.1, -0.05) is 34.1 Å². The summed E-state index contributed by atoms with van der Waals surface area (Å²) in [6.07, 6.45) is -4.77. The zero-order valence-corrected chi connectivity index (χ0v) is 12.2. The van der Waals surface area contributed by atoms with Gasteiger partial charge < -0.3 is 4.90 Å². The summed E-state index contributed by atoms with van der Waals surface area (Å²) in [5.74, 6) is -1.74. The van der Waals surface area contributed by atoms with Crippen LogP contribution in [0.4, 0.5) is 13.2 Å². The summed E-state index contributed by atoms with van der Waals surface area (Å²) in [5.41, 5.74) is 1.09. The van der Waals surface area contributed by atoms with Crippen LogP contribution in [0.1, 0.15) is 5.56 Å². The van der Waals surface area contributed by atoms with Crippen molar-refractivity contribution in [1.29, 1.82) is 0 Å². The molecule has 1 amide bonds. The highest BCUT2D eigenvalue weighted by atomic mass is 79.9. The van der Waals surface area contributed by atoms with Gasteiger partial charge in [0.05, 0.1) is 0 Å². The second-order valence-electron chi connectivity index (χ2n) is 4.66. The van der Waals surface area contributed by atoms with Gasteiger partial charge in [-0.3, -0.25) is 9.69 Å². The van der Waals surface area contributed by atoms with E-state index in [9.17, 15) is 18.0 Å². The second-order valence-corrected chi connectivity index (χ2v) is 5.51. The van der Waals surface area contributed by atoms with E-state index in [0.717, 1.165) is 14.9 Å². The highest BCUT2D eigenvalue weighted by Crippen LogP contribution is 2.21. The van der Waals surface area contributed by atoms with Gasteiger partial charge in [0.1, 0.15) is 0 Å². The zero-order valence-electron chi connectivity index (χ0n) is 10.7. The molecule has 0 N–H and O–H groups in total. The first kappa shape index (κ1) is 15.3. The molecule has 0 unspecified atom stereocenters. The lowest BCUT2D eigenvalue weighted by atomic mass is 10.2. The minimum absolute atomic E-state index is 0.114. The Morgan fingerprint density at radius 3 is 2.30 bits per heavy atom. The van der Waals surface area contributed by atoms with E-state index < -0.39 is 12.1 Å². The summed E-state index contributed by atoms with van der Waals surface area (Å²) in [5, 5.41) is 0. The number of carbonyl (C=O) groups is 1. The monoisotopic (exact) mass is 350 g/mol. The zero-order chi connectivity index (χ0) is 14.8.